The molecule has 3 heteroatoms. The number of unbranched alkanes of at least 4 members (excludes halogenated alkanes) is 4. The van der Waals surface area contributed by atoms with Crippen LogP contribution in [0.3, 0.4) is 0 Å². The fourth-order valence-corrected chi connectivity index (χ4v) is 6.10. The first-order valence-electron chi connectivity index (χ1n) is 14.3. The molecule has 3 rings (SSSR count). The molecule has 0 radical (unpaired) electrons. The lowest BCUT2D eigenvalue weighted by molar-refractivity contribution is -0.140. The highest BCUT2D eigenvalue weighted by Gasteiger charge is 2.29. The number of aromatic nitrogens is 1. The Labute approximate surface area is 203 Å². The third-order valence-corrected chi connectivity index (χ3v) is 8.38. The normalized spacial score (nSPS) is 25.6. The molecule has 2 saturated carbocycles. The van der Waals surface area contributed by atoms with E-state index in [1.807, 2.05) is 12.1 Å². The van der Waals surface area contributed by atoms with E-state index in [0.29, 0.717) is 5.75 Å². The van der Waals surface area contributed by atoms with Crippen LogP contribution in [0.15, 0.2) is 18.3 Å². The van der Waals surface area contributed by atoms with Crippen molar-refractivity contribution in [2.24, 2.45) is 23.7 Å². The maximum Gasteiger partial charge on any atom is 0.314 e. The van der Waals surface area contributed by atoms with Gasteiger partial charge in [0, 0.05) is 5.69 Å². The highest BCUT2D eigenvalue weighted by molar-refractivity contribution is 5.75. The van der Waals surface area contributed by atoms with Crippen molar-refractivity contribution in [3.05, 3.63) is 24.0 Å². The van der Waals surface area contributed by atoms with E-state index in [1.54, 1.807) is 6.20 Å². The lowest BCUT2D eigenvalue weighted by atomic mass is 9.75. The Balaban J connectivity index is 1.29. The predicted molar refractivity (Wildman–Crippen MR) is 137 cm³/mol. The molecule has 0 N–H and O–H groups in total. The molecule has 0 atom stereocenters. The maximum atomic E-state index is 12.7. The Kier molecular flexibility index (Phi) is 11.8. The quantitative estimate of drug-likeness (QED) is 0.220. The second-order valence-corrected chi connectivity index (χ2v) is 11.0. The van der Waals surface area contributed by atoms with E-state index in [-0.39, 0.29) is 11.9 Å². The van der Waals surface area contributed by atoms with E-state index >= 15 is 0 Å². The number of ether oxygens (including phenoxy) is 1. The number of hydrogen-bond donors (Lipinski definition) is 0. The van der Waals surface area contributed by atoms with Crippen molar-refractivity contribution < 1.29 is 9.53 Å². The molecule has 0 spiro atoms. The van der Waals surface area contributed by atoms with Gasteiger partial charge in [-0.2, -0.15) is 0 Å². The van der Waals surface area contributed by atoms with E-state index in [1.165, 1.54) is 96.3 Å². The molecule has 2 aliphatic rings. The lowest BCUT2D eigenvalue weighted by Gasteiger charge is -2.31. The number of carbonyl (C=O) groups excluding carboxylic acids is 1. The summed E-state index contributed by atoms with van der Waals surface area (Å²) in [5.41, 5.74) is 1.10. The van der Waals surface area contributed by atoms with Crippen LogP contribution in [0.2, 0.25) is 0 Å². The molecule has 3 nitrogen and oxygen atoms in total. The van der Waals surface area contributed by atoms with Crippen LogP contribution >= 0.6 is 0 Å². The van der Waals surface area contributed by atoms with Gasteiger partial charge < -0.3 is 4.74 Å². The fourth-order valence-electron chi connectivity index (χ4n) is 6.10. The summed E-state index contributed by atoms with van der Waals surface area (Å²) in [6.45, 7) is 4.56. The molecule has 0 unspecified atom stereocenters. The van der Waals surface area contributed by atoms with Gasteiger partial charge in [0.15, 0.2) is 0 Å². The van der Waals surface area contributed by atoms with Crippen molar-refractivity contribution in [3.8, 4) is 5.75 Å². The first-order chi connectivity index (χ1) is 16.2. The highest BCUT2D eigenvalue weighted by Crippen LogP contribution is 2.37. The topological polar surface area (TPSA) is 39.2 Å². The second kappa shape index (κ2) is 14.8. The Morgan fingerprint density at radius 2 is 1.39 bits per heavy atom. The van der Waals surface area contributed by atoms with Crippen LogP contribution in [0.4, 0.5) is 0 Å². The molecular weight excluding hydrogens is 406 g/mol. The standard InChI is InChI=1S/C30H49NO2/c1-3-5-6-7-8-10-28-21-22-29(23-31-28)33-30(32)27-19-17-26(18-20-27)16-15-25-13-11-24(9-4-2)12-14-25/h21-27H,3-20H2,1-2H3. The van der Waals surface area contributed by atoms with Crippen LogP contribution in [0.5, 0.6) is 5.75 Å². The molecule has 0 aromatic carbocycles. The first kappa shape index (κ1) is 26.2. The summed E-state index contributed by atoms with van der Waals surface area (Å²) >= 11 is 0. The van der Waals surface area contributed by atoms with Gasteiger partial charge in [-0.15, -0.1) is 0 Å². The van der Waals surface area contributed by atoms with Gasteiger partial charge in [-0.3, -0.25) is 9.78 Å². The van der Waals surface area contributed by atoms with Crippen molar-refractivity contribution in [3.63, 3.8) is 0 Å². The smallest absolute Gasteiger partial charge is 0.314 e. The van der Waals surface area contributed by atoms with Crippen molar-refractivity contribution in [2.45, 2.75) is 129 Å². The number of carbonyl (C=O) groups is 1. The number of hydrogen-bond acceptors (Lipinski definition) is 3. The molecule has 33 heavy (non-hydrogen) atoms. The Bertz CT molecular complexity index is 654. The highest BCUT2D eigenvalue weighted by atomic mass is 16.5. The summed E-state index contributed by atoms with van der Waals surface area (Å²) in [4.78, 5) is 17.2. The zero-order valence-corrected chi connectivity index (χ0v) is 21.5. The second-order valence-electron chi connectivity index (χ2n) is 11.0. The summed E-state index contributed by atoms with van der Waals surface area (Å²) in [5.74, 6) is 3.43. The summed E-state index contributed by atoms with van der Waals surface area (Å²) in [6, 6.07) is 3.95. The molecular formula is C30H49NO2. The number of pyridine rings is 1. The van der Waals surface area contributed by atoms with Crippen LogP contribution in [0, 0.1) is 23.7 Å². The molecule has 1 aromatic rings. The predicted octanol–water partition coefficient (Wildman–Crippen LogP) is 8.69. The SMILES string of the molecule is CCCCCCCc1ccc(OC(=O)C2CCC(CCC3CCC(CCC)CC3)CC2)cn1. The van der Waals surface area contributed by atoms with Crippen LogP contribution in [0.25, 0.3) is 0 Å². The van der Waals surface area contributed by atoms with Crippen LogP contribution in [0.1, 0.15) is 129 Å². The summed E-state index contributed by atoms with van der Waals surface area (Å²) < 4.78 is 5.69. The van der Waals surface area contributed by atoms with E-state index in [2.05, 4.69) is 18.8 Å². The van der Waals surface area contributed by atoms with Gasteiger partial charge in [-0.1, -0.05) is 90.9 Å². The lowest BCUT2D eigenvalue weighted by Crippen LogP contribution is -2.26. The van der Waals surface area contributed by atoms with Crippen LogP contribution in [-0.4, -0.2) is 11.0 Å². The average molecular weight is 456 g/mol. The van der Waals surface area contributed by atoms with Gasteiger partial charge in [0.1, 0.15) is 5.75 Å². The van der Waals surface area contributed by atoms with Gasteiger partial charge in [0.25, 0.3) is 0 Å². The van der Waals surface area contributed by atoms with Gasteiger partial charge in [0.05, 0.1) is 12.1 Å². The molecule has 0 amide bonds. The molecule has 1 aromatic heterocycles. The fraction of sp³-hybridized carbons (Fsp3) is 0.800. The Morgan fingerprint density at radius 1 is 0.788 bits per heavy atom. The van der Waals surface area contributed by atoms with Gasteiger partial charge in [-0.05, 0) is 68.4 Å². The molecule has 1 heterocycles. The van der Waals surface area contributed by atoms with Gasteiger partial charge in [-0.25, -0.2) is 0 Å². The third-order valence-electron chi connectivity index (χ3n) is 8.38. The Hall–Kier alpha value is -1.38. The molecule has 0 saturated heterocycles. The molecule has 2 fully saturated rings. The van der Waals surface area contributed by atoms with Crippen molar-refractivity contribution in [2.75, 3.05) is 0 Å². The third kappa shape index (κ3) is 9.41. The summed E-state index contributed by atoms with van der Waals surface area (Å²) in [5, 5.41) is 0. The van der Waals surface area contributed by atoms with E-state index < -0.39 is 0 Å². The molecule has 0 aliphatic heterocycles. The van der Waals surface area contributed by atoms with Crippen molar-refractivity contribution in [1.29, 1.82) is 0 Å². The monoisotopic (exact) mass is 455 g/mol. The number of aryl methyl sites for hydroxylation is 1. The zero-order chi connectivity index (χ0) is 23.3. The van der Waals surface area contributed by atoms with E-state index in [4.69, 9.17) is 4.74 Å². The average Bonchev–Trinajstić information content (AvgIpc) is 2.85. The summed E-state index contributed by atoms with van der Waals surface area (Å²) in [7, 11) is 0. The minimum Gasteiger partial charge on any atom is -0.425 e. The Morgan fingerprint density at radius 3 is 1.97 bits per heavy atom. The van der Waals surface area contributed by atoms with Gasteiger partial charge in [0.2, 0.25) is 0 Å². The largest absolute Gasteiger partial charge is 0.425 e. The molecule has 186 valence electrons. The van der Waals surface area contributed by atoms with Crippen LogP contribution in [-0.2, 0) is 11.2 Å². The molecule has 0 bridgehead atoms. The van der Waals surface area contributed by atoms with Crippen LogP contribution < -0.4 is 4.74 Å². The minimum atomic E-state index is -0.0446. The first-order valence-corrected chi connectivity index (χ1v) is 14.3. The van der Waals surface area contributed by atoms with Crippen molar-refractivity contribution >= 4 is 5.97 Å². The van der Waals surface area contributed by atoms with E-state index in [0.717, 1.165) is 42.7 Å². The van der Waals surface area contributed by atoms with E-state index in [9.17, 15) is 4.79 Å². The number of esters is 1. The molecule has 2 aliphatic carbocycles. The number of rotatable bonds is 13. The summed E-state index contributed by atoms with van der Waals surface area (Å²) in [6.07, 6.45) is 24.9. The zero-order valence-electron chi connectivity index (χ0n) is 21.5. The minimum absolute atomic E-state index is 0.0446. The van der Waals surface area contributed by atoms with Crippen molar-refractivity contribution in [1.82, 2.24) is 4.98 Å². The maximum absolute atomic E-state index is 12.7. The van der Waals surface area contributed by atoms with Gasteiger partial charge >= 0.3 is 5.97 Å². The number of nitrogens with zero attached hydrogens (tertiary/aromatic N) is 1.